The predicted molar refractivity (Wildman–Crippen MR) is 65.7 cm³/mol. The van der Waals surface area contributed by atoms with Crippen molar-refractivity contribution < 1.29 is 9.90 Å². The number of hydrogen-bond donors (Lipinski definition) is 1. The van der Waals surface area contributed by atoms with Crippen molar-refractivity contribution in [2.45, 2.75) is 12.5 Å². The lowest BCUT2D eigenvalue weighted by molar-refractivity contribution is 0.0765. The van der Waals surface area contributed by atoms with Gasteiger partial charge in [-0.1, -0.05) is 27.5 Å². The highest BCUT2D eigenvalue weighted by atomic mass is 79.9. The molecule has 0 spiro atoms. The molecule has 0 aromatic heterocycles. The highest BCUT2D eigenvalue weighted by Crippen LogP contribution is 2.23. The SMILES string of the molecule is O=C(c1cc(Br)ccc1Cl)N1CC[C@H](O)C1. The van der Waals surface area contributed by atoms with Gasteiger partial charge in [0.1, 0.15) is 0 Å². The van der Waals surface area contributed by atoms with E-state index in [-0.39, 0.29) is 5.91 Å². The third-order valence-electron chi connectivity index (χ3n) is 2.61. The Morgan fingerprint density at radius 2 is 2.31 bits per heavy atom. The number of rotatable bonds is 1. The molecule has 0 bridgehead atoms. The molecule has 86 valence electrons. The van der Waals surface area contributed by atoms with Gasteiger partial charge in [-0.25, -0.2) is 0 Å². The first-order chi connectivity index (χ1) is 7.58. The van der Waals surface area contributed by atoms with Crippen LogP contribution in [-0.2, 0) is 0 Å². The number of amides is 1. The minimum absolute atomic E-state index is 0.122. The van der Waals surface area contributed by atoms with Gasteiger partial charge < -0.3 is 10.0 Å². The Morgan fingerprint density at radius 1 is 1.56 bits per heavy atom. The number of hydrogen-bond acceptors (Lipinski definition) is 2. The summed E-state index contributed by atoms with van der Waals surface area (Å²) >= 11 is 9.28. The highest BCUT2D eigenvalue weighted by Gasteiger charge is 2.26. The van der Waals surface area contributed by atoms with Gasteiger partial charge in [0.15, 0.2) is 0 Å². The number of aliphatic hydroxyl groups excluding tert-OH is 1. The second-order valence-corrected chi connectivity index (χ2v) is 5.14. The molecule has 1 aliphatic heterocycles. The van der Waals surface area contributed by atoms with Gasteiger partial charge in [0, 0.05) is 17.6 Å². The Hall–Kier alpha value is -0.580. The minimum Gasteiger partial charge on any atom is -0.391 e. The standard InChI is InChI=1S/C11H11BrClNO2/c12-7-1-2-10(13)9(5-7)11(16)14-4-3-8(15)6-14/h1-2,5,8,15H,3-4,6H2/t8-/m0/s1. The lowest BCUT2D eigenvalue weighted by Gasteiger charge is -2.16. The van der Waals surface area contributed by atoms with Crippen LogP contribution < -0.4 is 0 Å². The van der Waals surface area contributed by atoms with E-state index in [0.717, 1.165) is 4.47 Å². The molecule has 1 fully saturated rings. The van der Waals surface area contributed by atoms with Gasteiger partial charge in [-0.3, -0.25) is 4.79 Å². The Labute approximate surface area is 107 Å². The zero-order valence-electron chi connectivity index (χ0n) is 8.49. The number of nitrogens with zero attached hydrogens (tertiary/aromatic N) is 1. The van der Waals surface area contributed by atoms with E-state index >= 15 is 0 Å². The van der Waals surface area contributed by atoms with Gasteiger partial charge in [-0.2, -0.15) is 0 Å². The number of halogens is 2. The molecule has 0 unspecified atom stereocenters. The van der Waals surface area contributed by atoms with Crippen LogP contribution >= 0.6 is 27.5 Å². The smallest absolute Gasteiger partial charge is 0.255 e. The summed E-state index contributed by atoms with van der Waals surface area (Å²) < 4.78 is 0.819. The van der Waals surface area contributed by atoms with Gasteiger partial charge >= 0.3 is 0 Å². The largest absolute Gasteiger partial charge is 0.391 e. The molecule has 0 aliphatic carbocycles. The minimum atomic E-state index is -0.408. The lowest BCUT2D eigenvalue weighted by atomic mass is 10.2. The average Bonchev–Trinajstić information content (AvgIpc) is 2.67. The molecule has 3 nitrogen and oxygen atoms in total. The Morgan fingerprint density at radius 3 is 2.94 bits per heavy atom. The lowest BCUT2D eigenvalue weighted by Crippen LogP contribution is -2.29. The molecule has 16 heavy (non-hydrogen) atoms. The molecule has 1 heterocycles. The van der Waals surface area contributed by atoms with Crippen molar-refractivity contribution in [3.05, 3.63) is 33.3 Å². The van der Waals surface area contributed by atoms with Crippen LogP contribution in [0.2, 0.25) is 5.02 Å². The van der Waals surface area contributed by atoms with Crippen LogP contribution in [0.3, 0.4) is 0 Å². The summed E-state index contributed by atoms with van der Waals surface area (Å²) in [5, 5.41) is 9.82. The highest BCUT2D eigenvalue weighted by molar-refractivity contribution is 9.10. The summed E-state index contributed by atoms with van der Waals surface area (Å²) in [7, 11) is 0. The summed E-state index contributed by atoms with van der Waals surface area (Å²) in [5.74, 6) is -0.122. The van der Waals surface area contributed by atoms with E-state index in [0.29, 0.717) is 30.1 Å². The van der Waals surface area contributed by atoms with Crippen molar-refractivity contribution in [1.82, 2.24) is 4.90 Å². The molecule has 1 aromatic carbocycles. The summed E-state index contributed by atoms with van der Waals surface area (Å²) in [6.45, 7) is 0.977. The molecule has 1 N–H and O–H groups in total. The maximum Gasteiger partial charge on any atom is 0.255 e. The zero-order chi connectivity index (χ0) is 11.7. The Bertz CT molecular complexity index is 424. The molecule has 1 atom stereocenters. The van der Waals surface area contributed by atoms with Gasteiger partial charge in [0.2, 0.25) is 0 Å². The molecular formula is C11H11BrClNO2. The van der Waals surface area contributed by atoms with Crippen molar-refractivity contribution in [3.8, 4) is 0 Å². The number of β-amino-alcohol motifs (C(OH)–C–C–N with tert-alkyl or cyclic N) is 1. The van der Waals surface area contributed by atoms with Gasteiger partial charge in [-0.05, 0) is 24.6 Å². The first-order valence-electron chi connectivity index (χ1n) is 5.00. The van der Waals surface area contributed by atoms with Crippen molar-refractivity contribution in [3.63, 3.8) is 0 Å². The second-order valence-electron chi connectivity index (χ2n) is 3.82. The van der Waals surface area contributed by atoms with Crippen molar-refractivity contribution >= 4 is 33.4 Å². The summed E-state index contributed by atoms with van der Waals surface area (Å²) in [5.41, 5.74) is 0.477. The molecule has 0 radical (unpaired) electrons. The monoisotopic (exact) mass is 303 g/mol. The number of carbonyl (C=O) groups is 1. The molecule has 0 saturated carbocycles. The normalized spacial score (nSPS) is 20.2. The number of aliphatic hydroxyl groups is 1. The predicted octanol–water partition coefficient (Wildman–Crippen LogP) is 2.31. The molecule has 5 heteroatoms. The van der Waals surface area contributed by atoms with Gasteiger partial charge in [-0.15, -0.1) is 0 Å². The summed E-state index contributed by atoms with van der Waals surface area (Å²) in [4.78, 5) is 13.7. The van der Waals surface area contributed by atoms with Crippen LogP contribution in [0.25, 0.3) is 0 Å². The Balaban J connectivity index is 2.23. The van der Waals surface area contributed by atoms with E-state index in [1.807, 2.05) is 0 Å². The van der Waals surface area contributed by atoms with E-state index in [1.54, 1.807) is 23.1 Å². The van der Waals surface area contributed by atoms with E-state index in [9.17, 15) is 9.90 Å². The first kappa shape index (κ1) is 11.9. The van der Waals surface area contributed by atoms with Crippen molar-refractivity contribution in [2.24, 2.45) is 0 Å². The average molecular weight is 305 g/mol. The van der Waals surface area contributed by atoms with Crippen LogP contribution in [0, 0.1) is 0 Å². The van der Waals surface area contributed by atoms with Crippen LogP contribution in [0.1, 0.15) is 16.8 Å². The van der Waals surface area contributed by atoms with E-state index in [4.69, 9.17) is 11.6 Å². The topological polar surface area (TPSA) is 40.5 Å². The van der Waals surface area contributed by atoms with Crippen LogP contribution in [0.4, 0.5) is 0 Å². The van der Waals surface area contributed by atoms with E-state index in [2.05, 4.69) is 15.9 Å². The van der Waals surface area contributed by atoms with Gasteiger partial charge in [0.25, 0.3) is 5.91 Å². The van der Waals surface area contributed by atoms with Crippen LogP contribution in [0.15, 0.2) is 22.7 Å². The van der Waals surface area contributed by atoms with Crippen LogP contribution in [-0.4, -0.2) is 35.1 Å². The fourth-order valence-corrected chi connectivity index (χ4v) is 2.32. The molecule has 1 aliphatic rings. The second kappa shape index (κ2) is 4.73. The third-order valence-corrected chi connectivity index (χ3v) is 3.43. The van der Waals surface area contributed by atoms with Crippen molar-refractivity contribution in [1.29, 1.82) is 0 Å². The van der Waals surface area contributed by atoms with Gasteiger partial charge in [0.05, 0.1) is 16.7 Å². The Kier molecular flexibility index (Phi) is 3.52. The third kappa shape index (κ3) is 2.39. The maximum atomic E-state index is 12.1. The molecular weight excluding hydrogens is 293 g/mol. The first-order valence-corrected chi connectivity index (χ1v) is 6.17. The van der Waals surface area contributed by atoms with Crippen molar-refractivity contribution in [2.75, 3.05) is 13.1 Å². The molecule has 1 amide bonds. The quantitative estimate of drug-likeness (QED) is 0.865. The maximum absolute atomic E-state index is 12.1. The fourth-order valence-electron chi connectivity index (χ4n) is 1.76. The molecule has 1 aromatic rings. The fraction of sp³-hybridized carbons (Fsp3) is 0.364. The number of likely N-dealkylation sites (tertiary alicyclic amines) is 1. The van der Waals surface area contributed by atoms with E-state index in [1.165, 1.54) is 0 Å². The zero-order valence-corrected chi connectivity index (χ0v) is 10.8. The summed E-state index contributed by atoms with van der Waals surface area (Å²) in [6, 6.07) is 5.18. The molecule has 2 rings (SSSR count). The summed E-state index contributed by atoms with van der Waals surface area (Å²) in [6.07, 6.45) is 0.229. The van der Waals surface area contributed by atoms with E-state index < -0.39 is 6.10 Å². The molecule has 1 saturated heterocycles. The van der Waals surface area contributed by atoms with Crippen LogP contribution in [0.5, 0.6) is 0 Å². The number of carbonyl (C=O) groups excluding carboxylic acids is 1. The number of benzene rings is 1.